The number of anilines is 1. The molecule has 4 heteroatoms. The molecule has 1 atom stereocenters. The van der Waals surface area contributed by atoms with E-state index < -0.39 is 0 Å². The van der Waals surface area contributed by atoms with E-state index >= 15 is 0 Å². The van der Waals surface area contributed by atoms with Crippen molar-refractivity contribution in [2.45, 2.75) is 19.8 Å². The molecule has 0 fully saturated rings. The minimum absolute atomic E-state index is 0.192. The van der Waals surface area contributed by atoms with Crippen molar-refractivity contribution in [2.24, 2.45) is 5.92 Å². The Morgan fingerprint density at radius 3 is 2.76 bits per heavy atom. The molecule has 2 aromatic carbocycles. The first-order valence-corrected chi connectivity index (χ1v) is 7.34. The molecule has 0 saturated heterocycles. The Hall–Kier alpha value is -2.07. The maximum Gasteiger partial charge on any atom is 0.319 e. The molecule has 21 heavy (non-hydrogen) atoms. The first-order valence-electron chi connectivity index (χ1n) is 7.34. The molecule has 4 nitrogen and oxygen atoms in total. The Morgan fingerprint density at radius 2 is 1.95 bits per heavy atom. The van der Waals surface area contributed by atoms with Crippen molar-refractivity contribution in [2.75, 3.05) is 18.5 Å². The highest BCUT2D eigenvalue weighted by molar-refractivity contribution is 6.01. The number of nitrogens with one attached hydrogen (secondary N) is 2. The van der Waals surface area contributed by atoms with Crippen LogP contribution in [0.3, 0.4) is 0 Å². The van der Waals surface area contributed by atoms with Crippen LogP contribution < -0.4 is 10.6 Å². The topological polar surface area (TPSA) is 61.4 Å². The predicted molar refractivity (Wildman–Crippen MR) is 86.5 cm³/mol. The van der Waals surface area contributed by atoms with Gasteiger partial charge < -0.3 is 15.7 Å². The zero-order valence-electron chi connectivity index (χ0n) is 12.3. The van der Waals surface area contributed by atoms with Gasteiger partial charge in [0, 0.05) is 18.5 Å². The summed E-state index contributed by atoms with van der Waals surface area (Å²) in [4.78, 5) is 11.9. The lowest BCUT2D eigenvalue weighted by Crippen LogP contribution is -2.29. The maximum absolute atomic E-state index is 11.9. The molecule has 2 aromatic rings. The monoisotopic (exact) mass is 286 g/mol. The zero-order chi connectivity index (χ0) is 15.1. The predicted octanol–water partition coefficient (Wildman–Crippen LogP) is 3.37. The number of aliphatic hydroxyl groups is 1. The second kappa shape index (κ2) is 7.64. The van der Waals surface area contributed by atoms with Crippen molar-refractivity contribution in [1.29, 1.82) is 0 Å². The largest absolute Gasteiger partial charge is 0.396 e. The van der Waals surface area contributed by atoms with Crippen LogP contribution in [0.4, 0.5) is 10.5 Å². The number of carbonyl (C=O) groups excluding carboxylic acids is 1. The standard InChI is InChI=1S/C17H22N2O2/c1-13(12-20)6-5-11-18-17(21)19-16-10-4-8-14-7-2-3-9-15(14)16/h2-4,7-10,13,20H,5-6,11-12H2,1H3,(H2,18,19,21). The summed E-state index contributed by atoms with van der Waals surface area (Å²) in [5, 5.41) is 16.8. The van der Waals surface area contributed by atoms with Gasteiger partial charge in [0.25, 0.3) is 0 Å². The van der Waals surface area contributed by atoms with Gasteiger partial charge in [0.15, 0.2) is 0 Å². The Morgan fingerprint density at radius 1 is 1.19 bits per heavy atom. The number of hydrogen-bond donors (Lipinski definition) is 3. The van der Waals surface area contributed by atoms with Gasteiger partial charge in [-0.1, -0.05) is 43.3 Å². The third-order valence-corrected chi connectivity index (χ3v) is 3.51. The number of benzene rings is 2. The number of rotatable bonds is 6. The minimum atomic E-state index is -0.192. The first kappa shape index (κ1) is 15.3. The van der Waals surface area contributed by atoms with Gasteiger partial charge in [-0.2, -0.15) is 0 Å². The molecule has 0 heterocycles. The summed E-state index contributed by atoms with van der Waals surface area (Å²) in [5.41, 5.74) is 0.814. The van der Waals surface area contributed by atoms with Crippen molar-refractivity contribution in [1.82, 2.24) is 5.32 Å². The van der Waals surface area contributed by atoms with E-state index in [0.717, 1.165) is 29.3 Å². The van der Waals surface area contributed by atoms with Gasteiger partial charge in [0.2, 0.25) is 0 Å². The van der Waals surface area contributed by atoms with Gasteiger partial charge in [0.05, 0.1) is 5.69 Å². The second-order valence-electron chi connectivity index (χ2n) is 5.34. The fourth-order valence-corrected chi connectivity index (χ4v) is 2.24. The smallest absolute Gasteiger partial charge is 0.319 e. The summed E-state index contributed by atoms with van der Waals surface area (Å²) in [7, 11) is 0. The zero-order valence-corrected chi connectivity index (χ0v) is 12.3. The van der Waals surface area contributed by atoms with Crippen LogP contribution in [0, 0.1) is 5.92 Å². The molecule has 0 saturated carbocycles. The van der Waals surface area contributed by atoms with Gasteiger partial charge in [-0.3, -0.25) is 0 Å². The normalized spacial score (nSPS) is 12.1. The van der Waals surface area contributed by atoms with Crippen LogP contribution >= 0.6 is 0 Å². The van der Waals surface area contributed by atoms with Crippen molar-refractivity contribution in [3.63, 3.8) is 0 Å². The summed E-state index contributed by atoms with van der Waals surface area (Å²) in [6.07, 6.45) is 1.77. The Labute approximate surface area is 125 Å². The number of carbonyl (C=O) groups is 1. The van der Waals surface area contributed by atoms with E-state index in [2.05, 4.69) is 10.6 Å². The van der Waals surface area contributed by atoms with E-state index in [1.165, 1.54) is 0 Å². The SMILES string of the molecule is CC(CO)CCCNC(=O)Nc1cccc2ccccc12. The Balaban J connectivity index is 1.87. The third-order valence-electron chi connectivity index (χ3n) is 3.51. The molecule has 112 valence electrons. The summed E-state index contributed by atoms with van der Waals surface area (Å²) in [6, 6.07) is 13.6. The van der Waals surface area contributed by atoms with Crippen LogP contribution in [0.25, 0.3) is 10.8 Å². The Bertz CT molecular complexity index is 593. The average molecular weight is 286 g/mol. The number of aliphatic hydroxyl groups excluding tert-OH is 1. The summed E-state index contributed by atoms with van der Waals surface area (Å²) < 4.78 is 0. The van der Waals surface area contributed by atoms with E-state index in [1.807, 2.05) is 49.4 Å². The molecule has 2 rings (SSSR count). The number of urea groups is 1. The summed E-state index contributed by atoms with van der Waals surface area (Å²) >= 11 is 0. The summed E-state index contributed by atoms with van der Waals surface area (Å²) in [6.45, 7) is 2.80. The van der Waals surface area contributed by atoms with Gasteiger partial charge in [-0.05, 0) is 30.2 Å². The lowest BCUT2D eigenvalue weighted by Gasteiger charge is -2.11. The van der Waals surface area contributed by atoms with Gasteiger partial charge in [-0.15, -0.1) is 0 Å². The molecule has 0 spiro atoms. The van der Waals surface area contributed by atoms with Crippen LogP contribution in [0.1, 0.15) is 19.8 Å². The highest BCUT2D eigenvalue weighted by Gasteiger charge is 2.05. The lowest BCUT2D eigenvalue weighted by molar-refractivity contribution is 0.227. The molecule has 1 unspecified atom stereocenters. The van der Waals surface area contributed by atoms with E-state index in [-0.39, 0.29) is 18.6 Å². The third kappa shape index (κ3) is 4.46. The lowest BCUT2D eigenvalue weighted by atomic mass is 10.1. The van der Waals surface area contributed by atoms with E-state index in [0.29, 0.717) is 6.54 Å². The Kier molecular flexibility index (Phi) is 5.58. The molecule has 0 radical (unpaired) electrons. The molecular weight excluding hydrogens is 264 g/mol. The maximum atomic E-state index is 11.9. The van der Waals surface area contributed by atoms with Crippen LogP contribution in [-0.4, -0.2) is 24.3 Å². The fourth-order valence-electron chi connectivity index (χ4n) is 2.24. The fraction of sp³-hybridized carbons (Fsp3) is 0.353. The molecule has 0 aromatic heterocycles. The van der Waals surface area contributed by atoms with Crippen LogP contribution in [0.5, 0.6) is 0 Å². The highest BCUT2D eigenvalue weighted by atomic mass is 16.3. The molecule has 3 N–H and O–H groups in total. The molecule has 0 aliphatic rings. The summed E-state index contributed by atoms with van der Waals surface area (Å²) in [5.74, 6) is 0.285. The van der Waals surface area contributed by atoms with Crippen molar-refractivity contribution in [3.8, 4) is 0 Å². The first-order chi connectivity index (χ1) is 10.2. The second-order valence-corrected chi connectivity index (χ2v) is 5.34. The number of hydrogen-bond acceptors (Lipinski definition) is 2. The van der Waals surface area contributed by atoms with Crippen molar-refractivity contribution >= 4 is 22.5 Å². The van der Waals surface area contributed by atoms with E-state index in [1.54, 1.807) is 0 Å². The van der Waals surface area contributed by atoms with Gasteiger partial charge in [0.1, 0.15) is 0 Å². The highest BCUT2D eigenvalue weighted by Crippen LogP contribution is 2.22. The molecule has 0 bridgehead atoms. The van der Waals surface area contributed by atoms with Gasteiger partial charge >= 0.3 is 6.03 Å². The average Bonchev–Trinajstić information content (AvgIpc) is 2.51. The van der Waals surface area contributed by atoms with Crippen LogP contribution in [0.2, 0.25) is 0 Å². The van der Waals surface area contributed by atoms with E-state index in [4.69, 9.17) is 5.11 Å². The number of amides is 2. The minimum Gasteiger partial charge on any atom is -0.396 e. The van der Waals surface area contributed by atoms with E-state index in [9.17, 15) is 4.79 Å². The van der Waals surface area contributed by atoms with Crippen LogP contribution in [0.15, 0.2) is 42.5 Å². The quantitative estimate of drug-likeness (QED) is 0.713. The van der Waals surface area contributed by atoms with Gasteiger partial charge in [-0.25, -0.2) is 4.79 Å². The van der Waals surface area contributed by atoms with Crippen molar-refractivity contribution in [3.05, 3.63) is 42.5 Å². The molecule has 0 aliphatic carbocycles. The molecule has 2 amide bonds. The van der Waals surface area contributed by atoms with Crippen LogP contribution in [-0.2, 0) is 0 Å². The van der Waals surface area contributed by atoms with Crippen molar-refractivity contribution < 1.29 is 9.90 Å². The number of fused-ring (bicyclic) bond motifs is 1. The molecule has 0 aliphatic heterocycles. The molecular formula is C17H22N2O2.